The van der Waals surface area contributed by atoms with Crippen LogP contribution in [-0.2, 0) is 0 Å². The predicted molar refractivity (Wildman–Crippen MR) is 50.4 cm³/mol. The van der Waals surface area contributed by atoms with Crippen molar-refractivity contribution in [2.75, 3.05) is 0 Å². The van der Waals surface area contributed by atoms with Gasteiger partial charge in [-0.3, -0.25) is 0 Å². The van der Waals surface area contributed by atoms with Gasteiger partial charge in [0, 0.05) is 5.03 Å². The molecular weight excluding hydrogens is 144 g/mol. The van der Waals surface area contributed by atoms with Crippen molar-refractivity contribution in [2.45, 2.75) is 33.6 Å². The Hall–Kier alpha value is -0.230. The van der Waals surface area contributed by atoms with Gasteiger partial charge in [-0.1, -0.05) is 51.4 Å². The third-order valence-corrected chi connectivity index (χ3v) is 1.10. The summed E-state index contributed by atoms with van der Waals surface area (Å²) in [5.41, 5.74) is 0. The summed E-state index contributed by atoms with van der Waals surface area (Å²) in [5.74, 6) is 0. The van der Waals surface area contributed by atoms with Crippen molar-refractivity contribution < 1.29 is 0 Å². The van der Waals surface area contributed by atoms with Crippen LogP contribution in [0.4, 0.5) is 0 Å². The number of hydrogen-bond donors (Lipinski definition) is 0. The van der Waals surface area contributed by atoms with Crippen LogP contribution < -0.4 is 0 Å². The number of rotatable bonds is 3. The van der Waals surface area contributed by atoms with E-state index in [1.54, 1.807) is 6.08 Å². The topological polar surface area (TPSA) is 0 Å². The fourth-order valence-corrected chi connectivity index (χ4v) is 0.728. The van der Waals surface area contributed by atoms with Crippen molar-refractivity contribution in [1.82, 2.24) is 0 Å². The molecule has 0 saturated heterocycles. The summed E-state index contributed by atoms with van der Waals surface area (Å²) >= 11 is 5.67. The first kappa shape index (κ1) is 12.4. The van der Waals surface area contributed by atoms with Gasteiger partial charge < -0.3 is 0 Å². The highest BCUT2D eigenvalue weighted by atomic mass is 35.5. The second-order valence-corrected chi connectivity index (χ2v) is 2.08. The van der Waals surface area contributed by atoms with Crippen molar-refractivity contribution in [3.05, 3.63) is 23.8 Å². The molecule has 0 aliphatic heterocycles. The number of allylic oxidation sites excluding steroid dienone is 3. The van der Waals surface area contributed by atoms with E-state index in [0.717, 1.165) is 17.9 Å². The van der Waals surface area contributed by atoms with Gasteiger partial charge in [-0.25, -0.2) is 0 Å². The second-order valence-electron chi connectivity index (χ2n) is 1.60. The normalized spacial score (nSPS) is 9.80. The summed E-state index contributed by atoms with van der Waals surface area (Å²) in [6.07, 6.45) is 5.60. The lowest BCUT2D eigenvalue weighted by Gasteiger charge is -1.88. The van der Waals surface area contributed by atoms with Crippen LogP contribution in [0.1, 0.15) is 33.6 Å². The lowest BCUT2D eigenvalue weighted by Crippen LogP contribution is -1.67. The van der Waals surface area contributed by atoms with E-state index in [4.69, 9.17) is 11.6 Å². The Bertz CT molecular complexity index is 92.9. The quantitative estimate of drug-likeness (QED) is 0.545. The molecule has 0 atom stereocenters. The highest BCUT2D eigenvalue weighted by molar-refractivity contribution is 6.29. The van der Waals surface area contributed by atoms with Crippen molar-refractivity contribution in [3.8, 4) is 0 Å². The largest absolute Gasteiger partial charge is 0.0990 e. The van der Waals surface area contributed by atoms with Crippen molar-refractivity contribution in [3.63, 3.8) is 0 Å². The minimum atomic E-state index is 0.891. The minimum absolute atomic E-state index is 0.891. The fraction of sp³-hybridized carbons (Fsp3) is 0.556. The van der Waals surface area contributed by atoms with Crippen LogP contribution >= 0.6 is 11.6 Å². The predicted octanol–water partition coefficient (Wildman–Crippen LogP) is 4.12. The second kappa shape index (κ2) is 11.6. The Morgan fingerprint density at radius 1 is 1.50 bits per heavy atom. The summed E-state index contributed by atoms with van der Waals surface area (Å²) < 4.78 is 0. The lowest BCUT2D eigenvalue weighted by atomic mass is 10.3. The van der Waals surface area contributed by atoms with Crippen LogP contribution in [-0.4, -0.2) is 0 Å². The molecule has 0 amide bonds. The summed E-state index contributed by atoms with van der Waals surface area (Å²) in [6.45, 7) is 9.62. The van der Waals surface area contributed by atoms with Gasteiger partial charge >= 0.3 is 0 Å². The van der Waals surface area contributed by atoms with Gasteiger partial charge in [-0.05, 0) is 12.5 Å². The summed E-state index contributed by atoms with van der Waals surface area (Å²) in [4.78, 5) is 0. The zero-order valence-electron chi connectivity index (χ0n) is 7.15. The highest BCUT2D eigenvalue weighted by Gasteiger charge is 1.84. The first-order chi connectivity index (χ1) is 4.81. The van der Waals surface area contributed by atoms with Crippen LogP contribution in [0.15, 0.2) is 23.8 Å². The molecule has 0 saturated carbocycles. The van der Waals surface area contributed by atoms with Crippen molar-refractivity contribution in [2.24, 2.45) is 0 Å². The van der Waals surface area contributed by atoms with Gasteiger partial charge in [-0.15, -0.1) is 0 Å². The van der Waals surface area contributed by atoms with E-state index in [1.165, 1.54) is 0 Å². The van der Waals surface area contributed by atoms with E-state index in [9.17, 15) is 0 Å². The minimum Gasteiger partial charge on any atom is -0.0990 e. The molecule has 0 rings (SSSR count). The van der Waals surface area contributed by atoms with Crippen LogP contribution in [0.3, 0.4) is 0 Å². The molecule has 0 spiro atoms. The molecule has 0 aromatic heterocycles. The molecule has 0 unspecified atom stereocenters. The van der Waals surface area contributed by atoms with Crippen LogP contribution in [0.5, 0.6) is 0 Å². The standard InChI is InChI=1S/C7H11Cl.C2H6/c1-3-5-7(8)6-4-2;1-2/h3,5H,1,4,6H2,2H3;1-2H3/b7-5+;. The molecule has 0 fully saturated rings. The van der Waals surface area contributed by atoms with Gasteiger partial charge in [0.2, 0.25) is 0 Å². The van der Waals surface area contributed by atoms with Crippen LogP contribution in [0.2, 0.25) is 0 Å². The first-order valence-electron chi connectivity index (χ1n) is 3.78. The van der Waals surface area contributed by atoms with E-state index < -0.39 is 0 Å². The first-order valence-corrected chi connectivity index (χ1v) is 4.16. The van der Waals surface area contributed by atoms with Gasteiger partial charge in [0.05, 0.1) is 0 Å². The molecular formula is C9H17Cl. The van der Waals surface area contributed by atoms with E-state index in [1.807, 2.05) is 19.9 Å². The maximum absolute atomic E-state index is 5.67. The Balaban J connectivity index is 0. The molecule has 0 N–H and O–H groups in total. The third-order valence-electron chi connectivity index (χ3n) is 0.788. The smallest absolute Gasteiger partial charge is 0.0180 e. The zero-order valence-corrected chi connectivity index (χ0v) is 7.91. The molecule has 0 heterocycles. The van der Waals surface area contributed by atoms with Gasteiger partial charge in [0.1, 0.15) is 0 Å². The average molecular weight is 161 g/mol. The van der Waals surface area contributed by atoms with Crippen LogP contribution in [0, 0.1) is 0 Å². The van der Waals surface area contributed by atoms with Gasteiger partial charge in [-0.2, -0.15) is 0 Å². The highest BCUT2D eigenvalue weighted by Crippen LogP contribution is 2.08. The van der Waals surface area contributed by atoms with Gasteiger partial charge in [0.15, 0.2) is 0 Å². The summed E-state index contributed by atoms with van der Waals surface area (Å²) in [6, 6.07) is 0. The lowest BCUT2D eigenvalue weighted by molar-refractivity contribution is 0.945. The molecule has 1 heteroatoms. The van der Waals surface area contributed by atoms with E-state index in [2.05, 4.69) is 13.5 Å². The Labute approximate surface area is 69.6 Å². The zero-order chi connectivity index (χ0) is 8.41. The SMILES string of the molecule is C=C/C=C(/Cl)CCC.CC. The summed E-state index contributed by atoms with van der Waals surface area (Å²) in [7, 11) is 0. The van der Waals surface area contributed by atoms with E-state index in [-0.39, 0.29) is 0 Å². The molecule has 0 radical (unpaired) electrons. The number of hydrogen-bond acceptors (Lipinski definition) is 0. The van der Waals surface area contributed by atoms with Crippen LogP contribution in [0.25, 0.3) is 0 Å². The molecule has 0 aliphatic rings. The van der Waals surface area contributed by atoms with E-state index in [0.29, 0.717) is 0 Å². The molecule has 0 aliphatic carbocycles. The Morgan fingerprint density at radius 2 is 2.00 bits per heavy atom. The maximum Gasteiger partial charge on any atom is 0.0180 e. The Kier molecular flexibility index (Phi) is 14.4. The van der Waals surface area contributed by atoms with Gasteiger partial charge in [0.25, 0.3) is 0 Å². The number of halogens is 1. The van der Waals surface area contributed by atoms with Crippen molar-refractivity contribution in [1.29, 1.82) is 0 Å². The average Bonchev–Trinajstić information content (AvgIpc) is 1.93. The monoisotopic (exact) mass is 160 g/mol. The molecule has 0 nitrogen and oxygen atoms in total. The maximum atomic E-state index is 5.67. The molecule has 0 aromatic rings. The Morgan fingerprint density at radius 3 is 2.30 bits per heavy atom. The van der Waals surface area contributed by atoms with E-state index >= 15 is 0 Å². The third kappa shape index (κ3) is 10.7. The molecule has 0 bridgehead atoms. The summed E-state index contributed by atoms with van der Waals surface area (Å²) in [5, 5.41) is 0.891. The molecule has 60 valence electrons. The van der Waals surface area contributed by atoms with Crippen molar-refractivity contribution >= 4 is 11.6 Å². The fourth-order valence-electron chi connectivity index (χ4n) is 0.450. The molecule has 0 aromatic carbocycles. The molecule has 10 heavy (non-hydrogen) atoms.